The number of carbonyl (C=O) groups excluding carboxylic acids is 1. The van der Waals surface area contributed by atoms with Gasteiger partial charge >= 0.3 is 0 Å². The molecule has 0 bridgehead atoms. The van der Waals surface area contributed by atoms with Gasteiger partial charge in [0.05, 0.1) is 24.7 Å². The number of halogens is 1. The molecule has 0 fully saturated rings. The standard InChI is InChI=1S/C23H19FN6O2/c1-13-21-17(16-5-3-4-6-18(16)24)11-20(31)27-22(21)30(29-13)23-26-19(12-25-28-23)14-7-9-15(32-2)10-8-14/h3-10,12,17H,11H2,1-2H3,(H,27,31)/t17-/m0/s1. The Hall–Kier alpha value is -4.14. The van der Waals surface area contributed by atoms with Gasteiger partial charge in [0.2, 0.25) is 5.91 Å². The highest BCUT2D eigenvalue weighted by atomic mass is 19.1. The highest BCUT2D eigenvalue weighted by molar-refractivity contribution is 5.95. The summed E-state index contributed by atoms with van der Waals surface area (Å²) in [6, 6.07) is 13.9. The Morgan fingerprint density at radius 3 is 2.69 bits per heavy atom. The maximum atomic E-state index is 14.5. The van der Waals surface area contributed by atoms with Crippen LogP contribution in [-0.4, -0.2) is 38.0 Å². The van der Waals surface area contributed by atoms with Gasteiger partial charge in [0, 0.05) is 23.5 Å². The van der Waals surface area contributed by atoms with Gasteiger partial charge in [-0.25, -0.2) is 9.37 Å². The zero-order chi connectivity index (χ0) is 22.2. The monoisotopic (exact) mass is 430 g/mol. The summed E-state index contributed by atoms with van der Waals surface area (Å²) in [5, 5.41) is 15.6. The van der Waals surface area contributed by atoms with E-state index >= 15 is 0 Å². The molecule has 1 amide bonds. The van der Waals surface area contributed by atoms with Gasteiger partial charge < -0.3 is 10.1 Å². The fourth-order valence-corrected chi connectivity index (χ4v) is 4.00. The fraction of sp³-hybridized carbons (Fsp3) is 0.174. The minimum Gasteiger partial charge on any atom is -0.497 e. The largest absolute Gasteiger partial charge is 0.497 e. The van der Waals surface area contributed by atoms with E-state index in [4.69, 9.17) is 4.74 Å². The number of nitrogens with one attached hydrogen (secondary N) is 1. The quantitative estimate of drug-likeness (QED) is 0.531. The lowest BCUT2D eigenvalue weighted by Crippen LogP contribution is -2.25. The van der Waals surface area contributed by atoms with Crippen molar-refractivity contribution in [2.75, 3.05) is 12.4 Å². The van der Waals surface area contributed by atoms with E-state index < -0.39 is 5.92 Å². The summed E-state index contributed by atoms with van der Waals surface area (Å²) in [5.41, 5.74) is 3.28. The van der Waals surface area contributed by atoms with Gasteiger partial charge in [-0.15, -0.1) is 5.10 Å². The van der Waals surface area contributed by atoms with Gasteiger partial charge in [0.15, 0.2) is 0 Å². The van der Waals surface area contributed by atoms with E-state index in [2.05, 4.69) is 25.6 Å². The summed E-state index contributed by atoms with van der Waals surface area (Å²) < 4.78 is 21.2. The van der Waals surface area contributed by atoms with Crippen molar-refractivity contribution in [2.45, 2.75) is 19.3 Å². The number of hydrogen-bond donors (Lipinski definition) is 1. The predicted octanol–water partition coefficient (Wildman–Crippen LogP) is 3.65. The summed E-state index contributed by atoms with van der Waals surface area (Å²) >= 11 is 0. The van der Waals surface area contributed by atoms with Crippen LogP contribution in [0.25, 0.3) is 17.2 Å². The van der Waals surface area contributed by atoms with Gasteiger partial charge in [0.25, 0.3) is 5.95 Å². The molecule has 1 atom stereocenters. The second kappa shape index (κ2) is 7.84. The highest BCUT2D eigenvalue weighted by Gasteiger charge is 2.34. The van der Waals surface area contributed by atoms with Crippen LogP contribution in [0.3, 0.4) is 0 Å². The van der Waals surface area contributed by atoms with E-state index in [1.807, 2.05) is 31.2 Å². The summed E-state index contributed by atoms with van der Waals surface area (Å²) in [7, 11) is 1.60. The van der Waals surface area contributed by atoms with E-state index in [1.54, 1.807) is 31.5 Å². The number of ether oxygens (including phenoxy) is 1. The molecule has 2 aromatic heterocycles. The third-order valence-corrected chi connectivity index (χ3v) is 5.51. The normalized spacial score (nSPS) is 15.2. The zero-order valence-electron chi connectivity index (χ0n) is 17.4. The van der Waals surface area contributed by atoms with Crippen LogP contribution in [0.4, 0.5) is 10.2 Å². The maximum absolute atomic E-state index is 14.5. The molecule has 3 heterocycles. The van der Waals surface area contributed by atoms with E-state index in [-0.39, 0.29) is 24.1 Å². The van der Waals surface area contributed by atoms with Crippen LogP contribution in [0.15, 0.2) is 54.7 Å². The van der Waals surface area contributed by atoms with E-state index in [1.165, 1.54) is 10.7 Å². The number of benzene rings is 2. The molecule has 8 nitrogen and oxygen atoms in total. The molecule has 5 rings (SSSR count). The van der Waals surface area contributed by atoms with Crippen LogP contribution < -0.4 is 10.1 Å². The Labute approximate surface area is 183 Å². The van der Waals surface area contributed by atoms with Crippen LogP contribution in [0.5, 0.6) is 5.75 Å². The molecular formula is C23H19FN6O2. The SMILES string of the molecule is COc1ccc(-c2cnnc(-n3nc(C)c4c3NC(=O)C[C@H]4c3ccccc3F)n2)cc1. The van der Waals surface area contributed by atoms with Gasteiger partial charge in [-0.05, 0) is 42.8 Å². The average molecular weight is 430 g/mol. The number of anilines is 1. The maximum Gasteiger partial charge on any atom is 0.272 e. The van der Waals surface area contributed by atoms with Crippen molar-refractivity contribution in [1.29, 1.82) is 0 Å². The number of hydrogen-bond acceptors (Lipinski definition) is 6. The lowest BCUT2D eigenvalue weighted by atomic mass is 9.85. The lowest BCUT2D eigenvalue weighted by Gasteiger charge is -2.24. The van der Waals surface area contributed by atoms with Crippen molar-refractivity contribution in [1.82, 2.24) is 25.0 Å². The highest BCUT2D eigenvalue weighted by Crippen LogP contribution is 2.40. The number of amides is 1. The molecule has 4 aromatic rings. The predicted molar refractivity (Wildman–Crippen MR) is 115 cm³/mol. The number of aromatic nitrogens is 5. The van der Waals surface area contributed by atoms with Crippen LogP contribution in [0.1, 0.15) is 29.2 Å². The number of methoxy groups -OCH3 is 1. The molecular weight excluding hydrogens is 411 g/mol. The number of aryl methyl sites for hydroxylation is 1. The first-order valence-corrected chi connectivity index (χ1v) is 10.0. The number of nitrogens with zero attached hydrogens (tertiary/aromatic N) is 5. The van der Waals surface area contributed by atoms with Crippen LogP contribution in [0.2, 0.25) is 0 Å². The van der Waals surface area contributed by atoms with E-state index in [0.29, 0.717) is 22.8 Å². The van der Waals surface area contributed by atoms with Gasteiger partial charge in [-0.1, -0.05) is 18.2 Å². The Bertz CT molecular complexity index is 1320. The van der Waals surface area contributed by atoms with Gasteiger partial charge in [-0.3, -0.25) is 4.79 Å². The summed E-state index contributed by atoms with van der Waals surface area (Å²) in [5.74, 6) is 0.329. The molecule has 0 saturated heterocycles. The second-order valence-corrected chi connectivity index (χ2v) is 7.46. The average Bonchev–Trinajstić information content (AvgIpc) is 3.15. The van der Waals surface area contributed by atoms with Crippen molar-refractivity contribution in [3.63, 3.8) is 0 Å². The molecule has 1 N–H and O–H groups in total. The van der Waals surface area contributed by atoms with Crippen LogP contribution in [0, 0.1) is 12.7 Å². The van der Waals surface area contributed by atoms with E-state index in [0.717, 1.165) is 16.9 Å². The molecule has 160 valence electrons. The molecule has 0 spiro atoms. The first kappa shape index (κ1) is 19.8. The van der Waals surface area contributed by atoms with Gasteiger partial charge in [-0.2, -0.15) is 14.9 Å². The first-order chi connectivity index (χ1) is 15.5. The Morgan fingerprint density at radius 2 is 1.94 bits per heavy atom. The summed E-state index contributed by atoms with van der Waals surface area (Å²) in [6.07, 6.45) is 1.68. The van der Waals surface area contributed by atoms with Crippen LogP contribution >= 0.6 is 0 Å². The molecule has 0 aliphatic carbocycles. The van der Waals surface area contributed by atoms with Crippen molar-refractivity contribution in [3.8, 4) is 23.0 Å². The summed E-state index contributed by atoms with van der Waals surface area (Å²) in [4.78, 5) is 17.1. The van der Waals surface area contributed by atoms with Crippen molar-refractivity contribution >= 4 is 11.7 Å². The molecule has 1 aliphatic heterocycles. The lowest BCUT2D eigenvalue weighted by molar-refractivity contribution is -0.116. The Morgan fingerprint density at radius 1 is 1.16 bits per heavy atom. The topological polar surface area (TPSA) is 94.8 Å². The second-order valence-electron chi connectivity index (χ2n) is 7.46. The number of fused-ring (bicyclic) bond motifs is 1. The van der Waals surface area contributed by atoms with Crippen molar-refractivity contribution < 1.29 is 13.9 Å². The Kier molecular flexibility index (Phi) is 4.85. The minimum atomic E-state index is -0.452. The van der Waals surface area contributed by atoms with E-state index in [9.17, 15) is 9.18 Å². The van der Waals surface area contributed by atoms with Crippen molar-refractivity contribution in [3.05, 3.63) is 77.4 Å². The molecule has 2 aromatic carbocycles. The van der Waals surface area contributed by atoms with Gasteiger partial charge in [0.1, 0.15) is 17.4 Å². The third-order valence-electron chi connectivity index (χ3n) is 5.51. The molecule has 0 radical (unpaired) electrons. The zero-order valence-corrected chi connectivity index (χ0v) is 17.4. The minimum absolute atomic E-state index is 0.130. The first-order valence-electron chi connectivity index (χ1n) is 10.0. The number of carbonyl (C=O) groups is 1. The summed E-state index contributed by atoms with van der Waals surface area (Å²) in [6.45, 7) is 1.82. The number of rotatable bonds is 4. The molecule has 9 heteroatoms. The van der Waals surface area contributed by atoms with Crippen molar-refractivity contribution in [2.24, 2.45) is 0 Å². The molecule has 1 aliphatic rings. The molecule has 32 heavy (non-hydrogen) atoms. The fourth-order valence-electron chi connectivity index (χ4n) is 4.00. The molecule has 0 unspecified atom stereocenters. The third kappa shape index (κ3) is 3.37. The smallest absolute Gasteiger partial charge is 0.272 e. The Balaban J connectivity index is 1.60. The van der Waals surface area contributed by atoms with Crippen LogP contribution in [-0.2, 0) is 4.79 Å². The molecule has 0 saturated carbocycles.